The highest BCUT2D eigenvalue weighted by Gasteiger charge is 2.23. The second-order valence-corrected chi connectivity index (χ2v) is 3.33. The van der Waals surface area contributed by atoms with Crippen molar-refractivity contribution in [2.75, 3.05) is 13.7 Å². The van der Waals surface area contributed by atoms with E-state index in [-0.39, 0.29) is 5.97 Å². The van der Waals surface area contributed by atoms with Crippen molar-refractivity contribution in [3.05, 3.63) is 11.8 Å². The number of hydrogen-bond donors (Lipinski definition) is 0. The number of ether oxygens (including phenoxy) is 1. The second kappa shape index (κ2) is 4.30. The molecule has 1 aliphatic rings. The number of esters is 1. The molecule has 0 spiro atoms. The summed E-state index contributed by atoms with van der Waals surface area (Å²) in [5.41, 5.74) is 1.11. The van der Waals surface area contributed by atoms with Crippen molar-refractivity contribution >= 4 is 5.97 Å². The Morgan fingerprint density at radius 1 is 1.77 bits per heavy atom. The average molecular weight is 183 g/mol. The van der Waals surface area contributed by atoms with Crippen molar-refractivity contribution in [2.24, 2.45) is 0 Å². The summed E-state index contributed by atoms with van der Waals surface area (Å²) < 4.78 is 4.60. The number of nitrogens with zero attached hydrogens (tertiary/aromatic N) is 1. The number of methoxy groups -OCH3 is 1. The van der Waals surface area contributed by atoms with Crippen LogP contribution in [-0.4, -0.2) is 30.6 Å². The SMILES string of the molecule is CCN1/C(=C/C(=O)OC)CCC1C. The van der Waals surface area contributed by atoms with Crippen LogP contribution >= 0.6 is 0 Å². The Morgan fingerprint density at radius 3 is 3.00 bits per heavy atom. The number of allylic oxidation sites excluding steroid dienone is 1. The number of carbonyl (C=O) groups excluding carboxylic acids is 1. The second-order valence-electron chi connectivity index (χ2n) is 3.33. The number of rotatable bonds is 2. The fourth-order valence-corrected chi connectivity index (χ4v) is 1.80. The van der Waals surface area contributed by atoms with Gasteiger partial charge in [0.15, 0.2) is 0 Å². The third-order valence-corrected chi connectivity index (χ3v) is 2.55. The Balaban J connectivity index is 2.69. The predicted octanol–water partition coefficient (Wildman–Crippen LogP) is 1.55. The Morgan fingerprint density at radius 2 is 2.46 bits per heavy atom. The zero-order chi connectivity index (χ0) is 9.84. The third kappa shape index (κ3) is 2.23. The van der Waals surface area contributed by atoms with E-state index < -0.39 is 0 Å². The monoisotopic (exact) mass is 183 g/mol. The highest BCUT2D eigenvalue weighted by Crippen LogP contribution is 2.26. The summed E-state index contributed by atoms with van der Waals surface area (Å²) in [6, 6.07) is 0.556. The van der Waals surface area contributed by atoms with Crippen LogP contribution in [0.3, 0.4) is 0 Å². The molecule has 1 fully saturated rings. The Kier molecular flexibility index (Phi) is 3.34. The lowest BCUT2D eigenvalue weighted by atomic mass is 10.2. The van der Waals surface area contributed by atoms with Crippen LogP contribution in [0.1, 0.15) is 26.7 Å². The molecule has 1 aliphatic heterocycles. The van der Waals surface area contributed by atoms with E-state index in [1.165, 1.54) is 7.11 Å². The Hall–Kier alpha value is -0.990. The Bertz CT molecular complexity index is 223. The van der Waals surface area contributed by atoms with E-state index in [0.29, 0.717) is 6.04 Å². The molecule has 1 unspecified atom stereocenters. The summed E-state index contributed by atoms with van der Waals surface area (Å²) in [6.07, 6.45) is 3.73. The molecule has 3 nitrogen and oxygen atoms in total. The van der Waals surface area contributed by atoms with Crippen LogP contribution in [0.15, 0.2) is 11.8 Å². The van der Waals surface area contributed by atoms with Gasteiger partial charge < -0.3 is 9.64 Å². The molecule has 74 valence electrons. The normalized spacial score (nSPS) is 25.3. The van der Waals surface area contributed by atoms with Gasteiger partial charge in [0.2, 0.25) is 0 Å². The molecule has 13 heavy (non-hydrogen) atoms. The highest BCUT2D eigenvalue weighted by atomic mass is 16.5. The lowest BCUT2D eigenvalue weighted by Crippen LogP contribution is -2.25. The molecule has 0 aliphatic carbocycles. The zero-order valence-corrected chi connectivity index (χ0v) is 8.54. The van der Waals surface area contributed by atoms with E-state index >= 15 is 0 Å². The van der Waals surface area contributed by atoms with Crippen molar-refractivity contribution in [3.63, 3.8) is 0 Å². The van der Waals surface area contributed by atoms with E-state index in [0.717, 1.165) is 25.1 Å². The highest BCUT2D eigenvalue weighted by molar-refractivity contribution is 5.82. The maximum absolute atomic E-state index is 11.0. The van der Waals surface area contributed by atoms with Crippen LogP contribution in [0.2, 0.25) is 0 Å². The summed E-state index contributed by atoms with van der Waals surface area (Å²) >= 11 is 0. The smallest absolute Gasteiger partial charge is 0.332 e. The van der Waals surface area contributed by atoms with E-state index in [1.54, 1.807) is 6.08 Å². The summed E-state index contributed by atoms with van der Waals surface area (Å²) in [4.78, 5) is 13.3. The first-order valence-corrected chi connectivity index (χ1v) is 4.74. The zero-order valence-electron chi connectivity index (χ0n) is 8.54. The van der Waals surface area contributed by atoms with E-state index in [1.807, 2.05) is 0 Å². The Labute approximate surface area is 79.4 Å². The summed E-state index contributed by atoms with van der Waals surface area (Å²) in [5, 5.41) is 0. The van der Waals surface area contributed by atoms with Crippen LogP contribution < -0.4 is 0 Å². The standard InChI is InChI=1S/C10H17NO2/c1-4-11-8(2)5-6-9(11)7-10(12)13-3/h7-8H,4-6H2,1-3H3/b9-7+. The molecule has 0 saturated carbocycles. The maximum atomic E-state index is 11.0. The van der Waals surface area contributed by atoms with Gasteiger partial charge in [0.05, 0.1) is 7.11 Å². The molecule has 0 N–H and O–H groups in total. The van der Waals surface area contributed by atoms with Gasteiger partial charge in [-0.2, -0.15) is 0 Å². The molecular weight excluding hydrogens is 166 g/mol. The van der Waals surface area contributed by atoms with E-state index in [4.69, 9.17) is 0 Å². The summed E-state index contributed by atoms with van der Waals surface area (Å²) in [5.74, 6) is -0.248. The first-order valence-electron chi connectivity index (χ1n) is 4.74. The van der Waals surface area contributed by atoms with Gasteiger partial charge in [-0.05, 0) is 26.7 Å². The van der Waals surface area contributed by atoms with E-state index in [9.17, 15) is 4.79 Å². The molecule has 0 radical (unpaired) electrons. The van der Waals surface area contributed by atoms with Gasteiger partial charge in [0.25, 0.3) is 0 Å². The third-order valence-electron chi connectivity index (χ3n) is 2.55. The minimum atomic E-state index is -0.248. The fraction of sp³-hybridized carbons (Fsp3) is 0.700. The molecular formula is C10H17NO2. The first kappa shape index (κ1) is 10.1. The first-order chi connectivity index (χ1) is 6.19. The van der Waals surface area contributed by atoms with Gasteiger partial charge in [-0.15, -0.1) is 0 Å². The van der Waals surface area contributed by atoms with Crippen LogP contribution in [0.25, 0.3) is 0 Å². The summed E-state index contributed by atoms with van der Waals surface area (Å²) in [7, 11) is 1.41. The number of hydrogen-bond acceptors (Lipinski definition) is 3. The molecule has 1 rings (SSSR count). The van der Waals surface area contributed by atoms with Crippen LogP contribution in [0, 0.1) is 0 Å². The molecule has 1 heterocycles. The van der Waals surface area contributed by atoms with Gasteiger partial charge in [-0.3, -0.25) is 0 Å². The number of likely N-dealkylation sites (tertiary alicyclic amines) is 1. The quantitative estimate of drug-likeness (QED) is 0.480. The molecule has 3 heteroatoms. The minimum Gasteiger partial charge on any atom is -0.466 e. The molecule has 0 aromatic rings. The lowest BCUT2D eigenvalue weighted by molar-refractivity contribution is -0.134. The van der Waals surface area contributed by atoms with Gasteiger partial charge in [0, 0.05) is 24.4 Å². The molecule has 0 bridgehead atoms. The molecule has 0 aromatic carbocycles. The topological polar surface area (TPSA) is 29.5 Å². The molecule has 1 saturated heterocycles. The summed E-state index contributed by atoms with van der Waals surface area (Å²) in [6.45, 7) is 5.25. The number of carbonyl (C=O) groups is 1. The van der Waals surface area contributed by atoms with Crippen molar-refractivity contribution in [1.82, 2.24) is 4.90 Å². The van der Waals surface area contributed by atoms with Crippen LogP contribution in [0.5, 0.6) is 0 Å². The van der Waals surface area contributed by atoms with Crippen molar-refractivity contribution < 1.29 is 9.53 Å². The van der Waals surface area contributed by atoms with Crippen molar-refractivity contribution in [2.45, 2.75) is 32.7 Å². The maximum Gasteiger partial charge on any atom is 0.332 e. The molecule has 0 aromatic heterocycles. The van der Waals surface area contributed by atoms with Crippen molar-refractivity contribution in [1.29, 1.82) is 0 Å². The van der Waals surface area contributed by atoms with Gasteiger partial charge >= 0.3 is 5.97 Å². The van der Waals surface area contributed by atoms with E-state index in [2.05, 4.69) is 23.5 Å². The fourth-order valence-electron chi connectivity index (χ4n) is 1.80. The molecule has 0 amide bonds. The largest absolute Gasteiger partial charge is 0.466 e. The van der Waals surface area contributed by atoms with Crippen molar-refractivity contribution in [3.8, 4) is 0 Å². The van der Waals surface area contributed by atoms with Crippen LogP contribution in [-0.2, 0) is 9.53 Å². The predicted molar refractivity (Wildman–Crippen MR) is 51.2 cm³/mol. The average Bonchev–Trinajstić information content (AvgIpc) is 2.46. The molecule has 1 atom stereocenters. The van der Waals surface area contributed by atoms with Gasteiger partial charge in [-0.25, -0.2) is 4.79 Å². The minimum absolute atomic E-state index is 0.248. The van der Waals surface area contributed by atoms with Crippen LogP contribution in [0.4, 0.5) is 0 Å². The lowest BCUT2D eigenvalue weighted by Gasteiger charge is -2.22. The van der Waals surface area contributed by atoms with Gasteiger partial charge in [0.1, 0.15) is 0 Å². The van der Waals surface area contributed by atoms with Gasteiger partial charge in [-0.1, -0.05) is 0 Å².